The first kappa shape index (κ1) is 12.6. The molecule has 2 heterocycles. The average molecular weight is 262 g/mol. The maximum Gasteiger partial charge on any atom is 0.290 e. The molecule has 8 nitrogen and oxygen atoms in total. The van der Waals surface area contributed by atoms with E-state index in [1.807, 2.05) is 0 Å². The topological polar surface area (TPSA) is 117 Å². The van der Waals surface area contributed by atoms with Gasteiger partial charge < -0.3 is 4.42 Å². The van der Waals surface area contributed by atoms with E-state index in [1.54, 1.807) is 6.92 Å². The molecule has 0 bridgehead atoms. The van der Waals surface area contributed by atoms with Crippen LogP contribution in [0.2, 0.25) is 0 Å². The second-order valence-electron chi connectivity index (χ2n) is 3.61. The number of furan rings is 1. The molecule has 3 N–H and O–H groups in total. The van der Waals surface area contributed by atoms with Crippen molar-refractivity contribution in [2.24, 2.45) is 0 Å². The van der Waals surface area contributed by atoms with Gasteiger partial charge in [0, 0.05) is 6.07 Å². The fourth-order valence-electron chi connectivity index (χ4n) is 1.34. The van der Waals surface area contributed by atoms with Crippen molar-refractivity contribution in [1.82, 2.24) is 21.0 Å². The zero-order chi connectivity index (χ0) is 13.8. The smallest absolute Gasteiger partial charge is 0.290 e. The van der Waals surface area contributed by atoms with Gasteiger partial charge in [-0.15, -0.1) is 0 Å². The van der Waals surface area contributed by atoms with Gasteiger partial charge in [0.1, 0.15) is 5.76 Å². The molecule has 2 aromatic rings. The number of nitrogens with zero attached hydrogens (tertiary/aromatic N) is 1. The van der Waals surface area contributed by atoms with E-state index in [4.69, 9.17) is 4.42 Å². The van der Waals surface area contributed by atoms with E-state index in [9.17, 15) is 14.4 Å². The number of aryl methyl sites for hydroxylation is 1. The summed E-state index contributed by atoms with van der Waals surface area (Å²) in [5.74, 6) is -0.719. The molecule has 19 heavy (non-hydrogen) atoms. The third-order valence-electron chi connectivity index (χ3n) is 2.30. The summed E-state index contributed by atoms with van der Waals surface area (Å²) in [6, 6.07) is 3.88. The molecule has 2 rings (SSSR count). The number of amides is 2. The van der Waals surface area contributed by atoms with Gasteiger partial charge in [0.05, 0.1) is 11.8 Å². The van der Waals surface area contributed by atoms with Gasteiger partial charge in [-0.25, -0.2) is 5.10 Å². The Morgan fingerprint density at radius 3 is 2.53 bits per heavy atom. The lowest BCUT2D eigenvalue weighted by molar-refractivity contribution is 0.0842. The SMILES string of the molecule is Cc1occc1C(=O)NNC(=O)c1ccc(=O)[nH]n1. The minimum absolute atomic E-state index is 0.0242. The Morgan fingerprint density at radius 2 is 1.95 bits per heavy atom. The van der Waals surface area contributed by atoms with E-state index in [1.165, 1.54) is 18.4 Å². The van der Waals surface area contributed by atoms with Crippen LogP contribution in [0.4, 0.5) is 0 Å². The summed E-state index contributed by atoms with van der Waals surface area (Å²) in [6.07, 6.45) is 1.37. The lowest BCUT2D eigenvalue weighted by atomic mass is 10.2. The first-order valence-corrected chi connectivity index (χ1v) is 5.28. The summed E-state index contributed by atoms with van der Waals surface area (Å²) in [7, 11) is 0. The minimum Gasteiger partial charge on any atom is -0.469 e. The standard InChI is InChI=1S/C11H10N4O4/c1-6-7(4-5-19-6)10(17)14-15-11(18)8-2-3-9(16)13-12-8/h2-5H,1H3,(H,13,16)(H,14,17)(H,15,18). The zero-order valence-corrected chi connectivity index (χ0v) is 9.89. The van der Waals surface area contributed by atoms with Crippen LogP contribution in [0.3, 0.4) is 0 Å². The third kappa shape index (κ3) is 2.86. The molecular weight excluding hydrogens is 252 g/mol. The fraction of sp³-hybridized carbons (Fsp3) is 0.0909. The summed E-state index contributed by atoms with van der Waals surface area (Å²) < 4.78 is 4.96. The minimum atomic E-state index is -0.647. The highest BCUT2D eigenvalue weighted by Gasteiger charge is 2.13. The maximum atomic E-state index is 11.7. The van der Waals surface area contributed by atoms with Gasteiger partial charge >= 0.3 is 0 Å². The first-order chi connectivity index (χ1) is 9.08. The number of rotatable bonds is 2. The van der Waals surface area contributed by atoms with Crippen molar-refractivity contribution in [1.29, 1.82) is 0 Å². The van der Waals surface area contributed by atoms with E-state index in [0.717, 1.165) is 6.07 Å². The Morgan fingerprint density at radius 1 is 1.21 bits per heavy atom. The predicted octanol–water partition coefficient (Wildman–Crippen LogP) is -0.254. The second-order valence-corrected chi connectivity index (χ2v) is 3.61. The van der Waals surface area contributed by atoms with E-state index in [2.05, 4.69) is 21.0 Å². The predicted molar refractivity (Wildman–Crippen MR) is 63.2 cm³/mol. The lowest BCUT2D eigenvalue weighted by Crippen LogP contribution is -2.42. The fourth-order valence-corrected chi connectivity index (χ4v) is 1.34. The Bertz CT molecular complexity index is 653. The lowest BCUT2D eigenvalue weighted by Gasteiger charge is -2.05. The highest BCUT2D eigenvalue weighted by atomic mass is 16.3. The van der Waals surface area contributed by atoms with Crippen LogP contribution < -0.4 is 16.4 Å². The molecule has 0 aliphatic carbocycles. The van der Waals surface area contributed by atoms with E-state index >= 15 is 0 Å². The van der Waals surface area contributed by atoms with Crippen molar-refractivity contribution < 1.29 is 14.0 Å². The zero-order valence-electron chi connectivity index (χ0n) is 9.89. The summed E-state index contributed by atoms with van der Waals surface area (Å²) in [6.45, 7) is 1.63. The molecule has 0 radical (unpaired) electrons. The number of aromatic amines is 1. The van der Waals surface area contributed by atoms with Gasteiger partial charge in [-0.1, -0.05) is 0 Å². The Labute approximate surface area is 106 Å². The third-order valence-corrected chi connectivity index (χ3v) is 2.30. The van der Waals surface area contributed by atoms with Crippen molar-refractivity contribution in [3.8, 4) is 0 Å². The molecule has 8 heteroatoms. The molecule has 0 aliphatic heterocycles. The van der Waals surface area contributed by atoms with Crippen molar-refractivity contribution in [2.75, 3.05) is 0 Å². The highest BCUT2D eigenvalue weighted by Crippen LogP contribution is 2.07. The molecule has 0 unspecified atom stereocenters. The molecule has 0 aromatic carbocycles. The normalized spacial score (nSPS) is 9.95. The summed E-state index contributed by atoms with van der Waals surface area (Å²) in [5.41, 5.74) is 4.25. The highest BCUT2D eigenvalue weighted by molar-refractivity contribution is 5.98. The van der Waals surface area contributed by atoms with Crippen LogP contribution in [0.15, 0.2) is 33.7 Å². The Kier molecular flexibility index (Phi) is 3.42. The van der Waals surface area contributed by atoms with Crippen LogP contribution in [-0.2, 0) is 0 Å². The van der Waals surface area contributed by atoms with Gasteiger partial charge in [-0.05, 0) is 19.1 Å². The van der Waals surface area contributed by atoms with Crippen LogP contribution in [0, 0.1) is 6.92 Å². The van der Waals surface area contributed by atoms with Crippen molar-refractivity contribution in [3.05, 3.63) is 51.8 Å². The van der Waals surface area contributed by atoms with Crippen LogP contribution in [-0.4, -0.2) is 22.0 Å². The number of aromatic nitrogens is 2. The van der Waals surface area contributed by atoms with Crippen LogP contribution >= 0.6 is 0 Å². The molecule has 0 spiro atoms. The monoisotopic (exact) mass is 262 g/mol. The average Bonchev–Trinajstić information content (AvgIpc) is 2.83. The number of hydrazine groups is 1. The second kappa shape index (κ2) is 5.17. The largest absolute Gasteiger partial charge is 0.469 e. The number of carbonyl (C=O) groups excluding carboxylic acids is 2. The Balaban J connectivity index is 1.97. The van der Waals surface area contributed by atoms with E-state index in [0.29, 0.717) is 11.3 Å². The molecule has 2 aromatic heterocycles. The maximum absolute atomic E-state index is 11.7. The van der Waals surface area contributed by atoms with Gasteiger partial charge in [0.15, 0.2) is 5.69 Å². The van der Waals surface area contributed by atoms with Gasteiger partial charge in [0.2, 0.25) is 0 Å². The van der Waals surface area contributed by atoms with Crippen LogP contribution in [0.5, 0.6) is 0 Å². The molecule has 0 fully saturated rings. The first-order valence-electron chi connectivity index (χ1n) is 5.28. The number of hydrogen-bond acceptors (Lipinski definition) is 5. The quantitative estimate of drug-likeness (QED) is 0.645. The number of H-pyrrole nitrogens is 1. The van der Waals surface area contributed by atoms with E-state index < -0.39 is 17.4 Å². The van der Waals surface area contributed by atoms with Crippen molar-refractivity contribution in [2.45, 2.75) is 6.92 Å². The Hall–Kier alpha value is -2.90. The van der Waals surface area contributed by atoms with Crippen molar-refractivity contribution in [3.63, 3.8) is 0 Å². The van der Waals surface area contributed by atoms with Gasteiger partial charge in [-0.3, -0.25) is 25.2 Å². The molecule has 0 saturated heterocycles. The van der Waals surface area contributed by atoms with Gasteiger partial charge in [0.25, 0.3) is 17.4 Å². The summed E-state index contributed by atoms with van der Waals surface area (Å²) >= 11 is 0. The number of nitrogens with one attached hydrogen (secondary N) is 3. The molecule has 0 atom stereocenters. The summed E-state index contributed by atoms with van der Waals surface area (Å²) in [5, 5.41) is 5.63. The van der Waals surface area contributed by atoms with Crippen LogP contribution in [0.25, 0.3) is 0 Å². The molecular formula is C11H10N4O4. The molecule has 98 valence electrons. The number of hydrogen-bond donors (Lipinski definition) is 3. The van der Waals surface area contributed by atoms with Gasteiger partial charge in [-0.2, -0.15) is 5.10 Å². The van der Waals surface area contributed by atoms with E-state index in [-0.39, 0.29) is 5.69 Å². The summed E-state index contributed by atoms with van der Waals surface area (Å²) in [4.78, 5) is 34.0. The molecule has 0 aliphatic rings. The molecule has 2 amide bonds. The number of carbonyl (C=O) groups is 2. The molecule has 0 saturated carbocycles. The van der Waals surface area contributed by atoms with Crippen LogP contribution in [0.1, 0.15) is 26.6 Å². The van der Waals surface area contributed by atoms with Crippen molar-refractivity contribution >= 4 is 11.8 Å².